The van der Waals surface area contributed by atoms with Gasteiger partial charge in [-0.2, -0.15) is 0 Å². The van der Waals surface area contributed by atoms with Gasteiger partial charge in [-0.05, 0) is 60.5 Å². The maximum absolute atomic E-state index is 5.93. The van der Waals surface area contributed by atoms with Crippen molar-refractivity contribution < 1.29 is 4.74 Å². The molecule has 1 aromatic heterocycles. The summed E-state index contributed by atoms with van der Waals surface area (Å²) in [5, 5.41) is 3.38. The highest BCUT2D eigenvalue weighted by Gasteiger charge is 2.14. The van der Waals surface area contributed by atoms with Crippen molar-refractivity contribution in [3.05, 3.63) is 77.2 Å². The largest absolute Gasteiger partial charge is 0.493 e. The normalized spacial score (nSPS) is 16.9. The molecule has 1 atom stereocenters. The van der Waals surface area contributed by atoms with E-state index in [0.29, 0.717) is 5.92 Å². The zero-order valence-electron chi connectivity index (χ0n) is 14.3. The molecule has 0 unspecified atom stereocenters. The summed E-state index contributed by atoms with van der Waals surface area (Å²) >= 11 is 1.87. The lowest BCUT2D eigenvalue weighted by molar-refractivity contribution is 0.260. The van der Waals surface area contributed by atoms with Gasteiger partial charge in [0.2, 0.25) is 0 Å². The van der Waals surface area contributed by atoms with Crippen molar-refractivity contribution in [3.8, 4) is 16.2 Å². The van der Waals surface area contributed by atoms with Crippen LogP contribution >= 0.6 is 11.3 Å². The maximum atomic E-state index is 5.93. The number of thiophene rings is 1. The second-order valence-corrected chi connectivity index (χ2v) is 7.79. The number of ether oxygens (including phenoxy) is 1. The van der Waals surface area contributed by atoms with Gasteiger partial charge in [0.15, 0.2) is 0 Å². The first-order chi connectivity index (χ1) is 12.4. The molecule has 1 saturated heterocycles. The Morgan fingerprint density at radius 3 is 2.56 bits per heavy atom. The standard InChI is InChI=1S/C22H23NOS/c1-2-4-17(5-3-1)14-21-10-11-22(25-21)19-6-8-20(9-7-19)24-16-18-12-13-23-15-18/h1-11,18,23H,12-16H2/t18-/m0/s1. The molecule has 0 aliphatic carbocycles. The fraction of sp³-hybridized carbons (Fsp3) is 0.273. The fourth-order valence-corrected chi connectivity index (χ4v) is 4.26. The smallest absolute Gasteiger partial charge is 0.119 e. The lowest BCUT2D eigenvalue weighted by Crippen LogP contribution is -2.15. The van der Waals surface area contributed by atoms with Crippen LogP contribution in [0.25, 0.3) is 10.4 Å². The van der Waals surface area contributed by atoms with Gasteiger partial charge in [0.25, 0.3) is 0 Å². The maximum Gasteiger partial charge on any atom is 0.119 e. The average molecular weight is 349 g/mol. The number of hydrogen-bond acceptors (Lipinski definition) is 3. The van der Waals surface area contributed by atoms with Crippen LogP contribution < -0.4 is 10.1 Å². The van der Waals surface area contributed by atoms with Gasteiger partial charge in [-0.25, -0.2) is 0 Å². The summed E-state index contributed by atoms with van der Waals surface area (Å²) in [4.78, 5) is 2.72. The molecule has 1 fully saturated rings. The molecule has 1 aliphatic heterocycles. The molecule has 25 heavy (non-hydrogen) atoms. The van der Waals surface area contributed by atoms with Crippen LogP contribution in [0.15, 0.2) is 66.7 Å². The van der Waals surface area contributed by atoms with E-state index in [2.05, 4.69) is 72.0 Å². The third-order valence-corrected chi connectivity index (χ3v) is 5.80. The van der Waals surface area contributed by atoms with Gasteiger partial charge < -0.3 is 10.1 Å². The van der Waals surface area contributed by atoms with Gasteiger partial charge in [0.1, 0.15) is 5.75 Å². The molecule has 2 heterocycles. The van der Waals surface area contributed by atoms with Crippen molar-refractivity contribution in [1.82, 2.24) is 5.32 Å². The molecule has 2 nitrogen and oxygen atoms in total. The number of benzene rings is 2. The van der Waals surface area contributed by atoms with Crippen LogP contribution in [0.2, 0.25) is 0 Å². The molecule has 2 aromatic carbocycles. The number of rotatable bonds is 6. The second-order valence-electron chi connectivity index (χ2n) is 6.62. The Bertz CT molecular complexity index is 788. The van der Waals surface area contributed by atoms with E-state index in [1.54, 1.807) is 0 Å². The first-order valence-corrected chi connectivity index (χ1v) is 9.75. The van der Waals surface area contributed by atoms with Crippen molar-refractivity contribution in [3.63, 3.8) is 0 Å². The van der Waals surface area contributed by atoms with Crippen molar-refractivity contribution in [2.24, 2.45) is 5.92 Å². The molecule has 0 radical (unpaired) electrons. The van der Waals surface area contributed by atoms with Gasteiger partial charge in [0, 0.05) is 28.6 Å². The van der Waals surface area contributed by atoms with Gasteiger partial charge in [0.05, 0.1) is 6.61 Å². The zero-order chi connectivity index (χ0) is 16.9. The lowest BCUT2D eigenvalue weighted by atomic mass is 10.1. The second kappa shape index (κ2) is 7.85. The molecule has 1 aliphatic rings. The topological polar surface area (TPSA) is 21.3 Å². The van der Waals surface area contributed by atoms with E-state index in [1.807, 2.05) is 11.3 Å². The van der Waals surface area contributed by atoms with Crippen LogP contribution in [0.4, 0.5) is 0 Å². The Morgan fingerprint density at radius 1 is 0.960 bits per heavy atom. The Hall–Kier alpha value is -2.10. The molecule has 128 valence electrons. The summed E-state index contributed by atoms with van der Waals surface area (Å²) in [7, 11) is 0. The number of hydrogen-bond donors (Lipinski definition) is 1. The first-order valence-electron chi connectivity index (χ1n) is 8.93. The van der Waals surface area contributed by atoms with Crippen molar-refractivity contribution >= 4 is 11.3 Å². The monoisotopic (exact) mass is 349 g/mol. The molecule has 4 rings (SSSR count). The van der Waals surface area contributed by atoms with E-state index in [-0.39, 0.29) is 0 Å². The number of nitrogens with one attached hydrogen (secondary N) is 1. The minimum atomic E-state index is 0.650. The van der Waals surface area contributed by atoms with E-state index >= 15 is 0 Å². The Balaban J connectivity index is 1.38. The van der Waals surface area contributed by atoms with E-state index in [4.69, 9.17) is 4.74 Å². The summed E-state index contributed by atoms with van der Waals surface area (Å²) in [6.07, 6.45) is 2.22. The highest BCUT2D eigenvalue weighted by Crippen LogP contribution is 2.30. The average Bonchev–Trinajstić information content (AvgIpc) is 3.33. The first kappa shape index (κ1) is 16.4. The van der Waals surface area contributed by atoms with Crippen molar-refractivity contribution in [1.29, 1.82) is 0 Å². The third-order valence-electron chi connectivity index (χ3n) is 4.67. The molecule has 0 spiro atoms. The summed E-state index contributed by atoms with van der Waals surface area (Å²) in [5.41, 5.74) is 2.63. The molecule has 3 heteroatoms. The fourth-order valence-electron chi connectivity index (χ4n) is 3.21. The molecule has 0 amide bonds. The van der Waals surface area contributed by atoms with Crippen LogP contribution in [-0.4, -0.2) is 19.7 Å². The summed E-state index contributed by atoms with van der Waals surface area (Å²) in [5.74, 6) is 1.62. The third kappa shape index (κ3) is 4.30. The highest BCUT2D eigenvalue weighted by atomic mass is 32.1. The summed E-state index contributed by atoms with van der Waals surface area (Å²) in [6.45, 7) is 3.01. The molecular formula is C22H23NOS. The van der Waals surface area contributed by atoms with E-state index < -0.39 is 0 Å². The van der Waals surface area contributed by atoms with Crippen LogP contribution in [0.1, 0.15) is 16.9 Å². The summed E-state index contributed by atoms with van der Waals surface area (Å²) < 4.78 is 5.93. The van der Waals surface area contributed by atoms with E-state index in [1.165, 1.54) is 27.3 Å². The Kier molecular flexibility index (Phi) is 5.14. The minimum absolute atomic E-state index is 0.650. The highest BCUT2D eigenvalue weighted by molar-refractivity contribution is 7.15. The molecule has 0 saturated carbocycles. The van der Waals surface area contributed by atoms with Gasteiger partial charge >= 0.3 is 0 Å². The molecule has 3 aromatic rings. The Morgan fingerprint density at radius 2 is 1.80 bits per heavy atom. The van der Waals surface area contributed by atoms with Gasteiger partial charge in [-0.3, -0.25) is 0 Å². The molecule has 1 N–H and O–H groups in total. The van der Waals surface area contributed by atoms with Crippen LogP contribution in [0, 0.1) is 5.92 Å². The molecular weight excluding hydrogens is 326 g/mol. The van der Waals surface area contributed by atoms with Gasteiger partial charge in [-0.1, -0.05) is 30.3 Å². The van der Waals surface area contributed by atoms with Crippen LogP contribution in [0.5, 0.6) is 5.75 Å². The van der Waals surface area contributed by atoms with Crippen molar-refractivity contribution in [2.45, 2.75) is 12.8 Å². The zero-order valence-corrected chi connectivity index (χ0v) is 15.1. The molecule has 0 bridgehead atoms. The minimum Gasteiger partial charge on any atom is -0.493 e. The van der Waals surface area contributed by atoms with Crippen LogP contribution in [-0.2, 0) is 6.42 Å². The van der Waals surface area contributed by atoms with Gasteiger partial charge in [-0.15, -0.1) is 11.3 Å². The SMILES string of the molecule is c1ccc(Cc2ccc(-c3ccc(OC[C@H]4CCNC4)cc3)s2)cc1. The predicted molar refractivity (Wildman–Crippen MR) is 105 cm³/mol. The quantitative estimate of drug-likeness (QED) is 0.676. The Labute approximate surface area is 153 Å². The predicted octanol–water partition coefficient (Wildman–Crippen LogP) is 4.99. The lowest BCUT2D eigenvalue weighted by Gasteiger charge is -2.11. The van der Waals surface area contributed by atoms with E-state index in [0.717, 1.165) is 31.9 Å². The van der Waals surface area contributed by atoms with Crippen LogP contribution in [0.3, 0.4) is 0 Å². The summed E-state index contributed by atoms with van der Waals surface area (Å²) in [6, 6.07) is 23.6. The van der Waals surface area contributed by atoms with E-state index in [9.17, 15) is 0 Å². The van der Waals surface area contributed by atoms with Crippen molar-refractivity contribution in [2.75, 3.05) is 19.7 Å².